The van der Waals surface area contributed by atoms with Crippen LogP contribution in [0.25, 0.3) is 0 Å². The Labute approximate surface area is 175 Å². The summed E-state index contributed by atoms with van der Waals surface area (Å²) in [7, 11) is 0. The summed E-state index contributed by atoms with van der Waals surface area (Å²) in [6.07, 6.45) is 0. The number of amidine groups is 1. The van der Waals surface area contributed by atoms with Crippen LogP contribution in [0.3, 0.4) is 0 Å². The van der Waals surface area contributed by atoms with Crippen LogP contribution in [0.4, 0.5) is 0 Å². The van der Waals surface area contributed by atoms with Crippen molar-refractivity contribution in [3.8, 4) is 0 Å². The zero-order chi connectivity index (χ0) is 18.7. The fourth-order valence-corrected chi connectivity index (χ4v) is 5.40. The molecular formula is C22H26BrN3S. The predicted molar refractivity (Wildman–Crippen MR) is 120 cm³/mol. The summed E-state index contributed by atoms with van der Waals surface area (Å²) in [4.78, 5) is 9.92. The molecule has 3 nitrogen and oxygen atoms in total. The van der Waals surface area contributed by atoms with E-state index in [-0.39, 0.29) is 4.75 Å². The van der Waals surface area contributed by atoms with Gasteiger partial charge in [0.05, 0.1) is 17.3 Å². The van der Waals surface area contributed by atoms with Crippen LogP contribution in [0.5, 0.6) is 0 Å². The molecule has 2 aromatic carbocycles. The highest BCUT2D eigenvalue weighted by Crippen LogP contribution is 2.36. The normalized spacial score (nSPS) is 23.7. The molecule has 0 aromatic heterocycles. The monoisotopic (exact) mass is 443 g/mol. The summed E-state index contributed by atoms with van der Waals surface area (Å²) in [5.74, 6) is 0. The van der Waals surface area contributed by atoms with Gasteiger partial charge in [-0.15, -0.1) is 0 Å². The van der Waals surface area contributed by atoms with Gasteiger partial charge in [0.25, 0.3) is 0 Å². The molecule has 2 aliphatic heterocycles. The lowest BCUT2D eigenvalue weighted by atomic mass is 9.96. The summed E-state index contributed by atoms with van der Waals surface area (Å²) in [6.45, 7) is 7.40. The molecule has 4 rings (SSSR count). The number of aliphatic imine (C=N–C) groups is 1. The first-order valence-electron chi connectivity index (χ1n) is 9.57. The Morgan fingerprint density at radius 3 is 2.00 bits per heavy atom. The van der Waals surface area contributed by atoms with Gasteiger partial charge < -0.3 is 4.90 Å². The smallest absolute Gasteiger partial charge is 0.159 e. The molecule has 0 amide bonds. The number of rotatable bonds is 4. The van der Waals surface area contributed by atoms with Crippen molar-refractivity contribution in [2.24, 2.45) is 4.99 Å². The van der Waals surface area contributed by atoms with Gasteiger partial charge in [-0.2, -0.15) is 0 Å². The lowest BCUT2D eigenvalue weighted by Gasteiger charge is -2.40. The van der Waals surface area contributed by atoms with Crippen LogP contribution in [0.15, 0.2) is 65.7 Å². The van der Waals surface area contributed by atoms with Crippen LogP contribution in [-0.4, -0.2) is 57.8 Å². The highest BCUT2D eigenvalue weighted by molar-refractivity contribution is 9.09. The summed E-state index contributed by atoms with van der Waals surface area (Å²) >= 11 is 5.58. The lowest BCUT2D eigenvalue weighted by molar-refractivity contribution is 0.152. The number of piperazine rings is 1. The average Bonchev–Trinajstić information content (AvgIpc) is 3.13. The second-order valence-electron chi connectivity index (χ2n) is 7.53. The maximum absolute atomic E-state index is 4.83. The molecule has 0 radical (unpaired) electrons. The van der Waals surface area contributed by atoms with Crippen molar-refractivity contribution < 1.29 is 0 Å². The van der Waals surface area contributed by atoms with E-state index in [9.17, 15) is 0 Å². The van der Waals surface area contributed by atoms with Crippen molar-refractivity contribution in [2.45, 2.75) is 17.7 Å². The van der Waals surface area contributed by atoms with Gasteiger partial charge in [-0.25, -0.2) is 0 Å². The summed E-state index contributed by atoms with van der Waals surface area (Å²) in [5.41, 5.74) is 2.74. The van der Waals surface area contributed by atoms with E-state index in [2.05, 4.69) is 93.3 Å². The van der Waals surface area contributed by atoms with Gasteiger partial charge >= 0.3 is 0 Å². The van der Waals surface area contributed by atoms with Gasteiger partial charge in [0.15, 0.2) is 5.17 Å². The maximum Gasteiger partial charge on any atom is 0.159 e. The van der Waals surface area contributed by atoms with Crippen molar-refractivity contribution in [1.82, 2.24) is 9.80 Å². The van der Waals surface area contributed by atoms with Crippen molar-refractivity contribution in [2.75, 3.05) is 38.1 Å². The van der Waals surface area contributed by atoms with E-state index in [1.807, 2.05) is 11.8 Å². The van der Waals surface area contributed by atoms with E-state index in [1.54, 1.807) is 0 Å². The predicted octanol–water partition coefficient (Wildman–Crippen LogP) is 4.65. The number of alkyl halides is 1. The van der Waals surface area contributed by atoms with Crippen molar-refractivity contribution in [3.05, 3.63) is 71.8 Å². The minimum Gasteiger partial charge on any atom is -0.349 e. The Hall–Kier alpha value is -1.30. The zero-order valence-corrected chi connectivity index (χ0v) is 18.1. The van der Waals surface area contributed by atoms with Crippen LogP contribution < -0.4 is 0 Å². The molecular weight excluding hydrogens is 418 g/mol. The lowest BCUT2D eigenvalue weighted by Crippen LogP contribution is -2.49. The molecule has 0 N–H and O–H groups in total. The van der Waals surface area contributed by atoms with E-state index >= 15 is 0 Å². The number of benzene rings is 2. The minimum absolute atomic E-state index is 0.211. The molecule has 0 aliphatic carbocycles. The van der Waals surface area contributed by atoms with Crippen LogP contribution in [0.1, 0.15) is 24.1 Å². The summed E-state index contributed by atoms with van der Waals surface area (Å²) in [5, 5.41) is 2.22. The largest absolute Gasteiger partial charge is 0.349 e. The Bertz CT molecular complexity index is 735. The van der Waals surface area contributed by atoms with Gasteiger partial charge in [0.2, 0.25) is 0 Å². The molecule has 2 aliphatic rings. The Balaban J connectivity index is 1.48. The third kappa shape index (κ3) is 4.25. The van der Waals surface area contributed by atoms with Crippen molar-refractivity contribution in [1.29, 1.82) is 0 Å². The number of thioether (sulfide) groups is 1. The molecule has 1 atom stereocenters. The molecule has 0 saturated carbocycles. The SMILES string of the molecule is C[C@@]1(CBr)CN=C(N2CCN(C(c3ccccc3)c3ccccc3)CC2)S1. The molecule has 1 saturated heterocycles. The Morgan fingerprint density at radius 1 is 0.963 bits per heavy atom. The van der Waals surface area contributed by atoms with Gasteiger partial charge in [-0.1, -0.05) is 88.4 Å². The van der Waals surface area contributed by atoms with Crippen LogP contribution in [0.2, 0.25) is 0 Å². The van der Waals surface area contributed by atoms with E-state index in [4.69, 9.17) is 4.99 Å². The Kier molecular flexibility index (Phi) is 5.90. The molecule has 27 heavy (non-hydrogen) atoms. The molecule has 0 spiro atoms. The fourth-order valence-electron chi connectivity index (χ4n) is 3.81. The number of nitrogens with zero attached hydrogens (tertiary/aromatic N) is 3. The fraction of sp³-hybridized carbons (Fsp3) is 0.409. The third-order valence-corrected chi connectivity index (χ3v) is 8.29. The van der Waals surface area contributed by atoms with E-state index < -0.39 is 0 Å². The molecule has 5 heteroatoms. The zero-order valence-electron chi connectivity index (χ0n) is 15.7. The van der Waals surface area contributed by atoms with Gasteiger partial charge in [-0.05, 0) is 18.1 Å². The first-order chi connectivity index (χ1) is 13.2. The van der Waals surface area contributed by atoms with E-state index in [0.717, 1.165) is 38.1 Å². The molecule has 0 bridgehead atoms. The number of hydrogen-bond donors (Lipinski definition) is 0. The second kappa shape index (κ2) is 8.38. The van der Waals surface area contributed by atoms with E-state index in [1.165, 1.54) is 16.3 Å². The average molecular weight is 444 g/mol. The van der Waals surface area contributed by atoms with Crippen molar-refractivity contribution >= 4 is 32.9 Å². The molecule has 142 valence electrons. The summed E-state index contributed by atoms with van der Waals surface area (Å²) in [6, 6.07) is 22.1. The standard InChI is InChI=1S/C22H26BrN3S/c1-22(16-23)17-24-21(27-22)26-14-12-25(13-15-26)20(18-8-4-2-5-9-18)19-10-6-3-7-11-19/h2-11,20H,12-17H2,1H3/t22-/m1/s1. The van der Waals surface area contributed by atoms with E-state index in [0.29, 0.717) is 6.04 Å². The molecule has 2 heterocycles. The number of hydrogen-bond acceptors (Lipinski definition) is 4. The second-order valence-corrected chi connectivity index (χ2v) is 9.65. The molecule has 1 fully saturated rings. The maximum atomic E-state index is 4.83. The number of halogens is 1. The molecule has 0 unspecified atom stereocenters. The van der Waals surface area contributed by atoms with Crippen LogP contribution >= 0.6 is 27.7 Å². The van der Waals surface area contributed by atoms with Crippen molar-refractivity contribution in [3.63, 3.8) is 0 Å². The van der Waals surface area contributed by atoms with Gasteiger partial charge in [-0.3, -0.25) is 9.89 Å². The highest BCUT2D eigenvalue weighted by Gasteiger charge is 2.35. The van der Waals surface area contributed by atoms with Crippen LogP contribution in [0, 0.1) is 0 Å². The topological polar surface area (TPSA) is 18.8 Å². The van der Waals surface area contributed by atoms with Gasteiger partial charge in [0, 0.05) is 31.5 Å². The van der Waals surface area contributed by atoms with Crippen LogP contribution in [-0.2, 0) is 0 Å². The first kappa shape index (κ1) is 19.0. The first-order valence-corrected chi connectivity index (χ1v) is 11.5. The Morgan fingerprint density at radius 2 is 1.52 bits per heavy atom. The quantitative estimate of drug-likeness (QED) is 0.640. The third-order valence-electron chi connectivity index (χ3n) is 5.35. The summed E-state index contributed by atoms with van der Waals surface area (Å²) < 4.78 is 0.211. The molecule has 2 aromatic rings. The van der Waals surface area contributed by atoms with Gasteiger partial charge in [0.1, 0.15) is 0 Å². The minimum atomic E-state index is 0.211. The highest BCUT2D eigenvalue weighted by atomic mass is 79.9.